The fourth-order valence-electron chi connectivity index (χ4n) is 1.50. The average Bonchev–Trinajstić information content (AvgIpc) is 2.44. The molecule has 0 aliphatic rings. The van der Waals surface area contributed by atoms with Gasteiger partial charge in [-0.2, -0.15) is 16.9 Å². The highest BCUT2D eigenvalue weighted by Gasteiger charge is 2.13. The van der Waals surface area contributed by atoms with E-state index in [0.29, 0.717) is 10.2 Å². The van der Waals surface area contributed by atoms with Crippen molar-refractivity contribution in [1.82, 2.24) is 9.78 Å². The maximum atomic E-state index is 12.0. The number of carbonyl (C=O) groups is 1. The molecule has 8 heteroatoms. The first-order valence-electron chi connectivity index (χ1n) is 6.07. The molecule has 0 aliphatic heterocycles. The summed E-state index contributed by atoms with van der Waals surface area (Å²) in [5, 5.41) is 7.19. The second-order valence-electron chi connectivity index (χ2n) is 4.24. The topological polar surface area (TPSA) is 73.2 Å². The van der Waals surface area contributed by atoms with Gasteiger partial charge in [0, 0.05) is 6.04 Å². The van der Waals surface area contributed by atoms with Crippen LogP contribution >= 0.6 is 27.7 Å². The molecule has 0 bridgehead atoms. The fraction of sp³-hybridized carbons (Fsp3) is 0.583. The maximum Gasteiger partial charge on any atom is 0.327 e. The van der Waals surface area contributed by atoms with Crippen LogP contribution in [0.3, 0.4) is 0 Å². The first-order valence-corrected chi connectivity index (χ1v) is 8.26. The van der Waals surface area contributed by atoms with Crippen molar-refractivity contribution in [3.05, 3.63) is 21.0 Å². The minimum absolute atomic E-state index is 0.198. The van der Waals surface area contributed by atoms with E-state index in [2.05, 4.69) is 37.3 Å². The number of anilines is 1. The molecule has 1 aromatic heterocycles. The molecule has 112 valence electrons. The van der Waals surface area contributed by atoms with Gasteiger partial charge >= 0.3 is 5.97 Å². The lowest BCUT2D eigenvalue weighted by atomic mass is 10.2. The summed E-state index contributed by atoms with van der Waals surface area (Å²) in [6.45, 7) is 1.85. The molecule has 1 heterocycles. The zero-order valence-electron chi connectivity index (χ0n) is 11.7. The predicted molar refractivity (Wildman–Crippen MR) is 84.3 cm³/mol. The van der Waals surface area contributed by atoms with Gasteiger partial charge in [0.1, 0.15) is 11.0 Å². The smallest absolute Gasteiger partial charge is 0.327 e. The van der Waals surface area contributed by atoms with E-state index in [9.17, 15) is 9.59 Å². The number of halogens is 1. The van der Waals surface area contributed by atoms with Gasteiger partial charge in [0.2, 0.25) is 0 Å². The summed E-state index contributed by atoms with van der Waals surface area (Å²) in [5.41, 5.74) is 0.266. The van der Waals surface area contributed by atoms with Crippen molar-refractivity contribution in [3.8, 4) is 0 Å². The molecule has 0 spiro atoms. The van der Waals surface area contributed by atoms with Gasteiger partial charge in [0.05, 0.1) is 19.0 Å². The average molecular weight is 364 g/mol. The van der Waals surface area contributed by atoms with Gasteiger partial charge < -0.3 is 10.1 Å². The minimum atomic E-state index is -0.513. The quantitative estimate of drug-likeness (QED) is 0.743. The van der Waals surface area contributed by atoms with E-state index in [4.69, 9.17) is 0 Å². The molecule has 1 N–H and O–H groups in total. The van der Waals surface area contributed by atoms with Crippen LogP contribution in [-0.4, -0.2) is 40.9 Å². The monoisotopic (exact) mass is 363 g/mol. The standard InChI is InChI=1S/C12H18BrN3O3S/c1-8(4-5-20-3)15-9-6-14-16(7-10(17)19-2)12(18)11(9)13/h6,8,15H,4-5,7H2,1-3H3. The van der Waals surface area contributed by atoms with E-state index in [0.717, 1.165) is 16.9 Å². The molecule has 1 unspecified atom stereocenters. The SMILES string of the molecule is COC(=O)Cn1ncc(NC(C)CCSC)c(Br)c1=O. The van der Waals surface area contributed by atoms with E-state index < -0.39 is 5.97 Å². The lowest BCUT2D eigenvalue weighted by molar-refractivity contribution is -0.141. The van der Waals surface area contributed by atoms with Crippen LogP contribution in [0.2, 0.25) is 0 Å². The molecule has 0 fully saturated rings. The van der Waals surface area contributed by atoms with E-state index >= 15 is 0 Å². The van der Waals surface area contributed by atoms with Crippen LogP contribution < -0.4 is 10.9 Å². The van der Waals surface area contributed by atoms with Crippen molar-refractivity contribution in [3.63, 3.8) is 0 Å². The summed E-state index contributed by atoms with van der Waals surface area (Å²) in [6, 6.07) is 0.233. The molecule has 6 nitrogen and oxygen atoms in total. The summed E-state index contributed by atoms with van der Waals surface area (Å²) in [7, 11) is 1.27. The minimum Gasteiger partial charge on any atom is -0.468 e. The molecule has 1 rings (SSSR count). The normalized spacial score (nSPS) is 12.0. The summed E-state index contributed by atoms with van der Waals surface area (Å²) in [4.78, 5) is 23.2. The number of methoxy groups -OCH3 is 1. The highest BCUT2D eigenvalue weighted by Crippen LogP contribution is 2.18. The van der Waals surface area contributed by atoms with Crippen molar-refractivity contribution < 1.29 is 9.53 Å². The zero-order chi connectivity index (χ0) is 15.1. The molecular weight excluding hydrogens is 346 g/mol. The third kappa shape index (κ3) is 4.82. The van der Waals surface area contributed by atoms with Crippen LogP contribution in [-0.2, 0) is 16.1 Å². The van der Waals surface area contributed by atoms with Crippen molar-refractivity contribution in [2.75, 3.05) is 24.4 Å². The Morgan fingerprint density at radius 3 is 2.95 bits per heavy atom. The Morgan fingerprint density at radius 2 is 2.35 bits per heavy atom. The largest absolute Gasteiger partial charge is 0.468 e. The van der Waals surface area contributed by atoms with Crippen LogP contribution in [0, 0.1) is 0 Å². The molecule has 0 amide bonds. The van der Waals surface area contributed by atoms with Gasteiger partial charge in [-0.25, -0.2) is 4.68 Å². The van der Waals surface area contributed by atoms with Crippen LogP contribution in [0.1, 0.15) is 13.3 Å². The second-order valence-corrected chi connectivity index (χ2v) is 6.02. The second kappa shape index (κ2) is 8.31. The molecule has 0 saturated carbocycles. The summed E-state index contributed by atoms with van der Waals surface area (Å²) in [5.74, 6) is 0.527. The number of nitrogens with one attached hydrogen (secondary N) is 1. The highest BCUT2D eigenvalue weighted by atomic mass is 79.9. The van der Waals surface area contributed by atoms with Gasteiger partial charge in [0.25, 0.3) is 5.56 Å². The van der Waals surface area contributed by atoms with Gasteiger partial charge in [-0.15, -0.1) is 0 Å². The van der Waals surface area contributed by atoms with Crippen LogP contribution in [0.25, 0.3) is 0 Å². The number of carbonyl (C=O) groups excluding carboxylic acids is 1. The summed E-state index contributed by atoms with van der Waals surface area (Å²) in [6.07, 6.45) is 4.57. The number of ether oxygens (including phenoxy) is 1. The number of hydrogen-bond donors (Lipinski definition) is 1. The Morgan fingerprint density at radius 1 is 1.65 bits per heavy atom. The number of hydrogen-bond acceptors (Lipinski definition) is 6. The molecule has 0 aromatic carbocycles. The Hall–Kier alpha value is -1.02. The molecule has 0 saturated heterocycles. The molecule has 20 heavy (non-hydrogen) atoms. The summed E-state index contributed by atoms with van der Waals surface area (Å²) < 4.78 is 5.95. The van der Waals surface area contributed by atoms with E-state index in [1.54, 1.807) is 11.8 Å². The van der Waals surface area contributed by atoms with Gasteiger partial charge in [0.15, 0.2) is 0 Å². The van der Waals surface area contributed by atoms with Crippen molar-refractivity contribution in [2.24, 2.45) is 0 Å². The van der Waals surface area contributed by atoms with Crippen LogP contribution in [0.4, 0.5) is 5.69 Å². The van der Waals surface area contributed by atoms with Gasteiger partial charge in [-0.1, -0.05) is 0 Å². The molecule has 1 atom stereocenters. The lowest BCUT2D eigenvalue weighted by Gasteiger charge is -2.16. The van der Waals surface area contributed by atoms with Crippen molar-refractivity contribution >= 4 is 39.3 Å². The first kappa shape index (κ1) is 17.0. The number of thioether (sulfide) groups is 1. The number of aromatic nitrogens is 2. The number of esters is 1. The Bertz CT molecular complexity index is 521. The Kier molecular flexibility index (Phi) is 7.08. The zero-order valence-corrected chi connectivity index (χ0v) is 14.1. The Labute approximate surface area is 130 Å². The van der Waals surface area contributed by atoms with E-state index in [1.807, 2.05) is 6.92 Å². The van der Waals surface area contributed by atoms with E-state index in [1.165, 1.54) is 13.3 Å². The molecule has 1 aromatic rings. The van der Waals surface area contributed by atoms with Crippen molar-refractivity contribution in [1.29, 1.82) is 0 Å². The van der Waals surface area contributed by atoms with Gasteiger partial charge in [-0.3, -0.25) is 9.59 Å². The molecule has 0 radical (unpaired) electrons. The van der Waals surface area contributed by atoms with Gasteiger partial charge in [-0.05, 0) is 41.3 Å². The Balaban J connectivity index is 2.83. The van der Waals surface area contributed by atoms with Crippen LogP contribution in [0.15, 0.2) is 15.5 Å². The maximum absolute atomic E-state index is 12.0. The molecule has 0 aliphatic carbocycles. The predicted octanol–water partition coefficient (Wildman–Crippen LogP) is 1.73. The van der Waals surface area contributed by atoms with E-state index in [-0.39, 0.29) is 18.1 Å². The van der Waals surface area contributed by atoms with Crippen molar-refractivity contribution in [2.45, 2.75) is 25.9 Å². The number of nitrogens with zero attached hydrogens (tertiary/aromatic N) is 2. The van der Waals surface area contributed by atoms with Crippen LogP contribution in [0.5, 0.6) is 0 Å². The fourth-order valence-corrected chi connectivity index (χ4v) is 2.51. The highest BCUT2D eigenvalue weighted by molar-refractivity contribution is 9.10. The third-order valence-electron chi connectivity index (χ3n) is 2.65. The summed E-state index contributed by atoms with van der Waals surface area (Å²) >= 11 is 5.02. The third-order valence-corrected chi connectivity index (χ3v) is 4.06. The lowest BCUT2D eigenvalue weighted by Crippen LogP contribution is -2.29. The number of rotatable bonds is 7. The first-order chi connectivity index (χ1) is 9.49. The molecular formula is C12H18BrN3O3S.